The van der Waals surface area contributed by atoms with E-state index >= 15 is 0 Å². The van der Waals surface area contributed by atoms with Crippen LogP contribution in [0.1, 0.15) is 10.4 Å². The van der Waals surface area contributed by atoms with Crippen molar-refractivity contribution in [3.05, 3.63) is 44.2 Å². The fraction of sp³-hybridized carbons (Fsp3) is 0.0833. The summed E-state index contributed by atoms with van der Waals surface area (Å²) in [6, 6.07) is 4.28. The minimum absolute atomic E-state index is 0.182. The SMILES string of the molecule is CNC(N)=S.NC(=O)c1cc2cc(Cl)cc(Cl)c2oc1=O. The van der Waals surface area contributed by atoms with Crippen molar-refractivity contribution in [1.29, 1.82) is 0 Å². The van der Waals surface area contributed by atoms with Gasteiger partial charge in [-0.1, -0.05) is 23.2 Å². The standard InChI is InChI=1S/C10H5Cl2NO3.C2H6N2S/c11-5-1-4-2-6(9(13)14)10(15)16-8(4)7(12)3-5;1-4-2(3)5/h1-3H,(H2,13,14);1H3,(H3,3,4,5). The number of primary amides is 1. The third-order valence-corrected chi connectivity index (χ3v) is 2.97. The number of rotatable bonds is 1. The fourth-order valence-electron chi connectivity index (χ4n) is 1.33. The summed E-state index contributed by atoms with van der Waals surface area (Å²) in [4.78, 5) is 22.3. The van der Waals surface area contributed by atoms with Gasteiger partial charge in [-0.05, 0) is 30.4 Å². The third kappa shape index (κ3) is 4.59. The van der Waals surface area contributed by atoms with Gasteiger partial charge < -0.3 is 21.2 Å². The first-order chi connectivity index (χ1) is 9.76. The average Bonchev–Trinajstić information content (AvgIpc) is 2.39. The van der Waals surface area contributed by atoms with Gasteiger partial charge in [-0.2, -0.15) is 0 Å². The normalized spacial score (nSPS) is 9.67. The summed E-state index contributed by atoms with van der Waals surface area (Å²) in [5.74, 6) is -0.855. The summed E-state index contributed by atoms with van der Waals surface area (Å²) in [6.45, 7) is 0. The monoisotopic (exact) mass is 347 g/mol. The van der Waals surface area contributed by atoms with Gasteiger partial charge in [-0.25, -0.2) is 4.79 Å². The van der Waals surface area contributed by atoms with Crippen molar-refractivity contribution in [3.63, 3.8) is 0 Å². The van der Waals surface area contributed by atoms with Crippen molar-refractivity contribution >= 4 is 57.4 Å². The van der Waals surface area contributed by atoms with Crippen LogP contribution in [0, 0.1) is 0 Å². The molecule has 0 bridgehead atoms. The maximum Gasteiger partial charge on any atom is 0.349 e. The molecule has 1 amide bonds. The maximum absolute atomic E-state index is 11.4. The van der Waals surface area contributed by atoms with Gasteiger partial charge in [0.25, 0.3) is 5.91 Å². The molecule has 0 aliphatic rings. The predicted octanol–water partition coefficient (Wildman–Crippen LogP) is 1.65. The molecule has 5 N–H and O–H groups in total. The van der Waals surface area contributed by atoms with Crippen LogP contribution in [-0.4, -0.2) is 18.1 Å². The van der Waals surface area contributed by atoms with Crippen molar-refractivity contribution < 1.29 is 9.21 Å². The van der Waals surface area contributed by atoms with Crippen molar-refractivity contribution in [2.75, 3.05) is 7.05 Å². The largest absolute Gasteiger partial charge is 0.421 e. The Morgan fingerprint density at radius 2 is 1.86 bits per heavy atom. The lowest BCUT2D eigenvalue weighted by atomic mass is 10.2. The van der Waals surface area contributed by atoms with Gasteiger partial charge in [-0.15, -0.1) is 0 Å². The highest BCUT2D eigenvalue weighted by molar-refractivity contribution is 7.80. The number of amides is 1. The molecule has 0 radical (unpaired) electrons. The van der Waals surface area contributed by atoms with Gasteiger partial charge in [0.05, 0.1) is 5.02 Å². The molecule has 1 aromatic heterocycles. The highest BCUT2D eigenvalue weighted by Crippen LogP contribution is 2.27. The van der Waals surface area contributed by atoms with Gasteiger partial charge in [0.1, 0.15) is 5.56 Å². The zero-order valence-electron chi connectivity index (χ0n) is 10.8. The number of nitrogens with two attached hydrogens (primary N) is 2. The second-order valence-electron chi connectivity index (χ2n) is 3.73. The van der Waals surface area contributed by atoms with E-state index in [0.717, 1.165) is 0 Å². The first-order valence-electron chi connectivity index (χ1n) is 5.46. The summed E-state index contributed by atoms with van der Waals surface area (Å²) >= 11 is 16.0. The number of carbonyl (C=O) groups excluding carboxylic acids is 1. The van der Waals surface area contributed by atoms with Crippen LogP contribution in [-0.2, 0) is 0 Å². The molecule has 0 spiro atoms. The summed E-state index contributed by atoms with van der Waals surface area (Å²) < 4.78 is 4.89. The number of fused-ring (bicyclic) bond motifs is 1. The number of thiocarbonyl (C=S) groups is 1. The molecule has 0 unspecified atom stereocenters. The van der Waals surface area contributed by atoms with Crippen molar-refractivity contribution in [3.8, 4) is 0 Å². The van der Waals surface area contributed by atoms with Gasteiger partial charge >= 0.3 is 5.63 Å². The van der Waals surface area contributed by atoms with Gasteiger partial charge in [0, 0.05) is 17.5 Å². The molecule has 0 saturated carbocycles. The number of nitrogens with one attached hydrogen (secondary N) is 1. The molecule has 0 aliphatic heterocycles. The van der Waals surface area contributed by atoms with E-state index in [1.54, 1.807) is 7.05 Å². The Labute approximate surface area is 135 Å². The third-order valence-electron chi connectivity index (χ3n) is 2.26. The lowest BCUT2D eigenvalue weighted by Crippen LogP contribution is -2.24. The first-order valence-corrected chi connectivity index (χ1v) is 6.62. The van der Waals surface area contributed by atoms with Gasteiger partial charge in [0.2, 0.25) is 0 Å². The minimum atomic E-state index is -0.855. The van der Waals surface area contributed by atoms with E-state index in [1.165, 1.54) is 18.2 Å². The van der Waals surface area contributed by atoms with Crippen molar-refractivity contribution in [1.82, 2.24) is 5.32 Å². The number of halogens is 2. The Morgan fingerprint density at radius 1 is 1.29 bits per heavy atom. The minimum Gasteiger partial charge on any atom is -0.421 e. The summed E-state index contributed by atoms with van der Waals surface area (Å²) in [5.41, 5.74) is 9.06. The summed E-state index contributed by atoms with van der Waals surface area (Å²) in [5, 5.41) is 3.91. The zero-order chi connectivity index (χ0) is 16.2. The zero-order valence-corrected chi connectivity index (χ0v) is 13.1. The predicted molar refractivity (Wildman–Crippen MR) is 86.9 cm³/mol. The van der Waals surface area contributed by atoms with E-state index in [0.29, 0.717) is 15.5 Å². The van der Waals surface area contributed by atoms with Crippen LogP contribution < -0.4 is 22.4 Å². The molecule has 2 rings (SSSR count). The van der Waals surface area contributed by atoms with E-state index < -0.39 is 11.5 Å². The molecular formula is C12H11Cl2N3O3S. The molecule has 0 aliphatic carbocycles. The molecule has 1 aromatic carbocycles. The van der Waals surface area contributed by atoms with Crippen LogP contribution in [0.4, 0.5) is 0 Å². The molecular weight excluding hydrogens is 337 g/mol. The average molecular weight is 348 g/mol. The van der Waals surface area contributed by atoms with Crippen molar-refractivity contribution in [2.45, 2.75) is 0 Å². The number of carbonyl (C=O) groups is 1. The Bertz CT molecular complexity index is 761. The van der Waals surface area contributed by atoms with Crippen LogP contribution in [0.2, 0.25) is 10.0 Å². The molecule has 0 saturated heterocycles. The summed E-state index contributed by atoms with van der Waals surface area (Å²) in [7, 11) is 1.68. The number of hydrogen-bond acceptors (Lipinski definition) is 4. The fourth-order valence-corrected chi connectivity index (χ4v) is 1.88. The van der Waals surface area contributed by atoms with Crippen molar-refractivity contribution in [2.24, 2.45) is 11.5 Å². The van der Waals surface area contributed by atoms with Gasteiger partial charge in [-0.3, -0.25) is 4.79 Å². The van der Waals surface area contributed by atoms with E-state index in [2.05, 4.69) is 17.5 Å². The first kappa shape index (κ1) is 17.2. The molecule has 0 fully saturated rings. The number of hydrogen-bond donors (Lipinski definition) is 3. The Hall–Kier alpha value is -1.83. The molecule has 0 atom stereocenters. The molecule has 6 nitrogen and oxygen atoms in total. The van der Waals surface area contributed by atoms with Crippen LogP contribution >= 0.6 is 35.4 Å². The smallest absolute Gasteiger partial charge is 0.349 e. The number of benzene rings is 1. The topological polar surface area (TPSA) is 111 Å². The van der Waals surface area contributed by atoms with Crippen LogP contribution in [0.5, 0.6) is 0 Å². The van der Waals surface area contributed by atoms with E-state index in [1.807, 2.05) is 0 Å². The second kappa shape index (κ2) is 7.26. The summed E-state index contributed by atoms with van der Waals surface area (Å²) in [6.07, 6.45) is 0. The molecule has 2 aromatic rings. The molecule has 21 heavy (non-hydrogen) atoms. The highest BCUT2D eigenvalue weighted by Gasteiger charge is 2.12. The lowest BCUT2D eigenvalue weighted by molar-refractivity contribution is 0.0997. The van der Waals surface area contributed by atoms with Crippen LogP contribution in [0.3, 0.4) is 0 Å². The highest BCUT2D eigenvalue weighted by atomic mass is 35.5. The quantitative estimate of drug-likeness (QED) is 0.534. The molecule has 9 heteroatoms. The molecule has 112 valence electrons. The lowest BCUT2D eigenvalue weighted by Gasteiger charge is -2.01. The van der Waals surface area contributed by atoms with Crippen LogP contribution in [0.25, 0.3) is 11.0 Å². The maximum atomic E-state index is 11.4. The van der Waals surface area contributed by atoms with E-state index in [-0.39, 0.29) is 16.2 Å². The Balaban J connectivity index is 0.000000383. The molecule has 1 heterocycles. The van der Waals surface area contributed by atoms with Crippen LogP contribution in [0.15, 0.2) is 27.4 Å². The van der Waals surface area contributed by atoms with Gasteiger partial charge in [0.15, 0.2) is 10.7 Å². The van der Waals surface area contributed by atoms with E-state index in [9.17, 15) is 9.59 Å². The Kier molecular flexibility index (Phi) is 5.95. The van der Waals surface area contributed by atoms with E-state index in [4.69, 9.17) is 39.1 Å². The Morgan fingerprint density at radius 3 is 2.33 bits per heavy atom. The second-order valence-corrected chi connectivity index (χ2v) is 5.02.